The lowest BCUT2D eigenvalue weighted by atomic mass is 10.0. The Bertz CT molecular complexity index is 1010. The van der Waals surface area contributed by atoms with Crippen LogP contribution < -0.4 is 0 Å². The highest BCUT2D eigenvalue weighted by molar-refractivity contribution is 7.71. The molecule has 0 spiro atoms. The highest BCUT2D eigenvalue weighted by Gasteiger charge is 2.38. The molecule has 0 saturated carbocycles. The molecule has 1 fully saturated rings. The molecule has 1 N–H and O–H groups in total. The Morgan fingerprint density at radius 3 is 2.46 bits per heavy atom. The van der Waals surface area contributed by atoms with Crippen LogP contribution in [0.25, 0.3) is 11.1 Å². The average Bonchev–Trinajstić information content (AvgIpc) is 3.27. The summed E-state index contributed by atoms with van der Waals surface area (Å²) in [5.41, 5.74) is 2.61. The Kier molecular flexibility index (Phi) is 4.22. The van der Waals surface area contributed by atoms with E-state index in [1.807, 2.05) is 42.5 Å². The topological polar surface area (TPSA) is 79.2 Å². The number of amides is 1. The molecule has 4 rings (SSSR count). The maximum absolute atomic E-state index is 12.9. The maximum atomic E-state index is 12.9. The molecule has 1 aliphatic rings. The molecule has 2 heterocycles. The molecule has 1 atom stereocenters. The van der Waals surface area contributed by atoms with Crippen LogP contribution in [0.15, 0.2) is 59.0 Å². The first-order valence-electron chi connectivity index (χ1n) is 8.15. The minimum absolute atomic E-state index is 0.0339. The van der Waals surface area contributed by atoms with E-state index in [1.165, 1.54) is 4.90 Å². The second-order valence-electron chi connectivity index (χ2n) is 6.09. The molecular formula is C19H15N3O3S. The third-order valence-corrected chi connectivity index (χ3v) is 4.56. The van der Waals surface area contributed by atoms with Gasteiger partial charge in [0.1, 0.15) is 6.04 Å². The number of carbonyl (C=O) groups excluding carboxylic acids is 2. The quantitative estimate of drug-likeness (QED) is 0.718. The monoisotopic (exact) mass is 365 g/mol. The molecule has 1 amide bonds. The van der Waals surface area contributed by atoms with E-state index < -0.39 is 6.04 Å². The largest absolute Gasteiger partial charge is 0.412 e. The van der Waals surface area contributed by atoms with Crippen molar-refractivity contribution in [3.05, 3.63) is 70.9 Å². The van der Waals surface area contributed by atoms with E-state index in [0.717, 1.165) is 11.1 Å². The van der Waals surface area contributed by atoms with E-state index >= 15 is 0 Å². The smallest absolute Gasteiger partial charge is 0.284 e. The van der Waals surface area contributed by atoms with Gasteiger partial charge in [0.25, 0.3) is 10.7 Å². The van der Waals surface area contributed by atoms with Gasteiger partial charge in [-0.25, -0.2) is 5.10 Å². The predicted octanol–water partition coefficient (Wildman–Crippen LogP) is 3.56. The summed E-state index contributed by atoms with van der Waals surface area (Å²) in [6.07, 6.45) is 0.178. The Labute approximate surface area is 154 Å². The van der Waals surface area contributed by atoms with Crippen LogP contribution in [-0.4, -0.2) is 33.3 Å². The lowest BCUT2D eigenvalue weighted by molar-refractivity contribution is -0.116. The molecule has 1 aromatic heterocycles. The molecule has 26 heavy (non-hydrogen) atoms. The van der Waals surface area contributed by atoms with E-state index in [2.05, 4.69) is 10.2 Å². The summed E-state index contributed by atoms with van der Waals surface area (Å²) in [4.78, 5) is 26.4. The fourth-order valence-corrected chi connectivity index (χ4v) is 3.24. The molecule has 3 aromatic rings. The van der Waals surface area contributed by atoms with Gasteiger partial charge in [-0.3, -0.25) is 9.59 Å². The SMILES string of the molecule is O=C1CC(c2n[nH]c(=S)o2)N(C(=O)c2ccc(-c3ccccc3)cc2)C1. The molecule has 0 aliphatic carbocycles. The number of rotatable bonds is 3. The second-order valence-corrected chi connectivity index (χ2v) is 6.46. The van der Waals surface area contributed by atoms with Gasteiger partial charge in [-0.2, -0.15) is 0 Å². The van der Waals surface area contributed by atoms with Crippen molar-refractivity contribution in [3.8, 4) is 11.1 Å². The van der Waals surface area contributed by atoms with E-state index in [-0.39, 0.29) is 35.4 Å². The van der Waals surface area contributed by atoms with Crippen molar-refractivity contribution in [1.29, 1.82) is 0 Å². The number of likely N-dealkylation sites (tertiary alicyclic amines) is 1. The third-order valence-electron chi connectivity index (χ3n) is 4.38. The summed E-state index contributed by atoms with van der Waals surface area (Å²) in [5, 5.41) is 6.50. The first-order valence-corrected chi connectivity index (χ1v) is 8.56. The standard InChI is InChI=1S/C19H15N3O3S/c23-15-10-16(17-20-21-19(26)25-17)22(11-15)18(24)14-8-6-13(7-9-14)12-4-2-1-3-5-12/h1-9,16H,10-11H2,(H,21,26). The van der Waals surface area contributed by atoms with Crippen LogP contribution in [0.4, 0.5) is 0 Å². The van der Waals surface area contributed by atoms with Gasteiger partial charge in [-0.15, -0.1) is 5.10 Å². The number of aromatic amines is 1. The molecule has 0 bridgehead atoms. The Morgan fingerprint density at radius 2 is 1.81 bits per heavy atom. The Hall–Kier alpha value is -3.06. The number of benzene rings is 2. The van der Waals surface area contributed by atoms with Gasteiger partial charge in [0.15, 0.2) is 5.78 Å². The number of aromatic nitrogens is 2. The van der Waals surface area contributed by atoms with Gasteiger partial charge < -0.3 is 9.32 Å². The molecule has 1 unspecified atom stereocenters. The molecule has 130 valence electrons. The summed E-state index contributed by atoms with van der Waals surface area (Å²) in [6, 6.07) is 16.7. The minimum atomic E-state index is -0.531. The van der Waals surface area contributed by atoms with Gasteiger partial charge in [-0.05, 0) is 35.5 Å². The van der Waals surface area contributed by atoms with Crippen LogP contribution in [0.5, 0.6) is 0 Å². The normalized spacial score (nSPS) is 16.8. The maximum Gasteiger partial charge on any atom is 0.284 e. The molecule has 1 saturated heterocycles. The first-order chi connectivity index (χ1) is 12.6. The van der Waals surface area contributed by atoms with Crippen LogP contribution in [-0.2, 0) is 4.79 Å². The van der Waals surface area contributed by atoms with Gasteiger partial charge >= 0.3 is 0 Å². The van der Waals surface area contributed by atoms with Crippen molar-refractivity contribution >= 4 is 23.9 Å². The van der Waals surface area contributed by atoms with Gasteiger partial charge in [0.2, 0.25) is 5.89 Å². The van der Waals surface area contributed by atoms with E-state index in [1.54, 1.807) is 12.1 Å². The number of carbonyl (C=O) groups is 2. The predicted molar refractivity (Wildman–Crippen MR) is 97.0 cm³/mol. The summed E-state index contributed by atoms with van der Waals surface area (Å²) >= 11 is 4.88. The lowest BCUT2D eigenvalue weighted by Gasteiger charge is -2.21. The summed E-state index contributed by atoms with van der Waals surface area (Å²) in [6.45, 7) is 0.0408. The number of H-pyrrole nitrogens is 1. The average molecular weight is 365 g/mol. The molecule has 7 heteroatoms. The molecule has 1 aliphatic heterocycles. The van der Waals surface area contributed by atoms with Crippen molar-refractivity contribution in [3.63, 3.8) is 0 Å². The van der Waals surface area contributed by atoms with Gasteiger partial charge in [0.05, 0.1) is 6.54 Å². The summed E-state index contributed by atoms with van der Waals surface area (Å²) in [7, 11) is 0. The Balaban J connectivity index is 1.60. The highest BCUT2D eigenvalue weighted by Crippen LogP contribution is 2.30. The molecule has 0 radical (unpaired) electrons. The zero-order valence-corrected chi connectivity index (χ0v) is 14.5. The zero-order valence-electron chi connectivity index (χ0n) is 13.7. The zero-order chi connectivity index (χ0) is 18.1. The van der Waals surface area contributed by atoms with Crippen LogP contribution in [0.1, 0.15) is 28.7 Å². The highest BCUT2D eigenvalue weighted by atomic mass is 32.1. The molecular weight excluding hydrogens is 350 g/mol. The van der Waals surface area contributed by atoms with Crippen LogP contribution in [0.3, 0.4) is 0 Å². The number of nitrogens with one attached hydrogen (secondary N) is 1. The van der Waals surface area contributed by atoms with Crippen LogP contribution in [0, 0.1) is 4.84 Å². The third kappa shape index (κ3) is 3.09. The van der Waals surface area contributed by atoms with Crippen molar-refractivity contribution in [1.82, 2.24) is 15.1 Å². The summed E-state index contributed by atoms with van der Waals surface area (Å²) in [5.74, 6) is -0.00643. The first kappa shape index (κ1) is 16.4. The van der Waals surface area contributed by atoms with Crippen molar-refractivity contribution in [2.45, 2.75) is 12.5 Å². The number of ketones is 1. The minimum Gasteiger partial charge on any atom is -0.412 e. The van der Waals surface area contributed by atoms with Crippen molar-refractivity contribution in [2.24, 2.45) is 0 Å². The lowest BCUT2D eigenvalue weighted by Crippen LogP contribution is -2.31. The van der Waals surface area contributed by atoms with Gasteiger partial charge in [0, 0.05) is 12.0 Å². The molecule has 2 aromatic carbocycles. The van der Waals surface area contributed by atoms with E-state index in [4.69, 9.17) is 16.6 Å². The number of nitrogens with zero attached hydrogens (tertiary/aromatic N) is 2. The number of hydrogen-bond donors (Lipinski definition) is 1. The number of hydrogen-bond acceptors (Lipinski definition) is 5. The fourth-order valence-electron chi connectivity index (χ4n) is 3.11. The van der Waals surface area contributed by atoms with E-state index in [0.29, 0.717) is 5.56 Å². The number of Topliss-reactive ketones (excluding diaryl/α,β-unsaturated/α-hetero) is 1. The molecule has 6 nitrogen and oxygen atoms in total. The Morgan fingerprint density at radius 1 is 1.12 bits per heavy atom. The second kappa shape index (κ2) is 6.68. The van der Waals surface area contributed by atoms with Crippen LogP contribution >= 0.6 is 12.2 Å². The fraction of sp³-hybridized carbons (Fsp3) is 0.158. The van der Waals surface area contributed by atoms with E-state index in [9.17, 15) is 9.59 Å². The van der Waals surface area contributed by atoms with Gasteiger partial charge in [-0.1, -0.05) is 42.5 Å². The summed E-state index contributed by atoms with van der Waals surface area (Å²) < 4.78 is 5.31. The van der Waals surface area contributed by atoms with Crippen molar-refractivity contribution < 1.29 is 14.0 Å². The van der Waals surface area contributed by atoms with Crippen LogP contribution in [0.2, 0.25) is 0 Å². The van der Waals surface area contributed by atoms with Crippen molar-refractivity contribution in [2.75, 3.05) is 6.54 Å².